The number of nitrogens with one attached hydrogen (secondary N) is 6. The number of amides is 6. The second-order valence-corrected chi connectivity index (χ2v) is 14.8. The van der Waals surface area contributed by atoms with Crippen LogP contribution in [0, 0.1) is 0 Å². The summed E-state index contributed by atoms with van der Waals surface area (Å²) in [4.78, 5) is 101. The van der Waals surface area contributed by atoms with E-state index in [1.165, 1.54) is 45.4 Å². The van der Waals surface area contributed by atoms with Crippen molar-refractivity contribution in [3.8, 4) is 5.75 Å². The second-order valence-electron chi connectivity index (χ2n) is 14.8. The van der Waals surface area contributed by atoms with Gasteiger partial charge in [0.15, 0.2) is 0 Å². The van der Waals surface area contributed by atoms with Crippen molar-refractivity contribution in [1.82, 2.24) is 41.5 Å². The highest BCUT2D eigenvalue weighted by atomic mass is 16.4. The van der Waals surface area contributed by atoms with Crippen LogP contribution in [0.25, 0.3) is 0 Å². The minimum atomic E-state index is -1.72. The van der Waals surface area contributed by atoms with Crippen LogP contribution in [0.3, 0.4) is 0 Å². The molecule has 2 aromatic carbocycles. The Morgan fingerprint density at radius 2 is 1.25 bits per heavy atom. The molecular weight excluding hydrogens is 782 g/mol. The number of benzene rings is 2. The first-order chi connectivity index (χ1) is 28.4. The Morgan fingerprint density at radius 3 is 1.78 bits per heavy atom. The number of imidazole rings is 1. The van der Waals surface area contributed by atoms with Gasteiger partial charge in [-0.15, -0.1) is 0 Å². The summed E-state index contributed by atoms with van der Waals surface area (Å²) in [5.41, 5.74) is 7.27. The predicted molar refractivity (Wildman–Crippen MR) is 213 cm³/mol. The van der Waals surface area contributed by atoms with Gasteiger partial charge >= 0.3 is 5.97 Å². The number of nitrogens with zero attached hydrogens (tertiary/aromatic N) is 2. The molecule has 0 unspecified atom stereocenters. The highest BCUT2D eigenvalue weighted by molar-refractivity contribution is 5.97. The number of nitrogens with two attached hydrogens (primary N) is 1. The fourth-order valence-electron chi connectivity index (χ4n) is 6.57. The first kappa shape index (κ1) is 46.3. The summed E-state index contributed by atoms with van der Waals surface area (Å²) in [6, 6.07) is 4.79. The van der Waals surface area contributed by atoms with Crippen molar-refractivity contribution < 1.29 is 54.0 Å². The molecule has 9 atom stereocenters. The van der Waals surface area contributed by atoms with Gasteiger partial charge in [-0.25, -0.2) is 9.78 Å². The molecule has 20 nitrogen and oxygen atoms in total. The summed E-state index contributed by atoms with van der Waals surface area (Å²) >= 11 is 0. The van der Waals surface area contributed by atoms with E-state index in [-0.39, 0.29) is 38.0 Å². The van der Waals surface area contributed by atoms with Gasteiger partial charge in [0.05, 0.1) is 24.6 Å². The van der Waals surface area contributed by atoms with Crippen molar-refractivity contribution in [3.05, 3.63) is 83.9 Å². The number of aromatic amines is 1. The monoisotopic (exact) mass is 835 g/mol. The fourth-order valence-corrected chi connectivity index (χ4v) is 6.57. The number of aromatic nitrogens is 2. The first-order valence-electron chi connectivity index (χ1n) is 19.4. The number of hydrogen-bond acceptors (Lipinski definition) is 12. The molecule has 3 aromatic rings. The number of phenolic OH excluding ortho intramolecular Hbond substituents is 1. The van der Waals surface area contributed by atoms with Crippen LogP contribution in [0.5, 0.6) is 5.75 Å². The number of aliphatic hydroxyl groups excluding tert-OH is 2. The van der Waals surface area contributed by atoms with Crippen LogP contribution in [0.4, 0.5) is 0 Å². The van der Waals surface area contributed by atoms with Crippen molar-refractivity contribution in [2.24, 2.45) is 5.73 Å². The van der Waals surface area contributed by atoms with Crippen molar-refractivity contribution in [2.45, 2.75) is 107 Å². The lowest BCUT2D eigenvalue weighted by molar-refractivity contribution is -0.150. The Labute approximate surface area is 345 Å². The van der Waals surface area contributed by atoms with E-state index >= 15 is 0 Å². The number of carbonyl (C=O) groups excluding carboxylic acids is 6. The van der Waals surface area contributed by atoms with Crippen molar-refractivity contribution in [2.75, 3.05) is 6.54 Å². The van der Waals surface area contributed by atoms with E-state index in [1.807, 2.05) is 0 Å². The maximum atomic E-state index is 14.0. The quantitative estimate of drug-likeness (QED) is 0.0574. The van der Waals surface area contributed by atoms with E-state index in [0.29, 0.717) is 23.2 Å². The third kappa shape index (κ3) is 13.1. The summed E-state index contributed by atoms with van der Waals surface area (Å²) in [7, 11) is 0. The molecule has 4 rings (SSSR count). The zero-order valence-electron chi connectivity index (χ0n) is 33.4. The first-order valence-corrected chi connectivity index (χ1v) is 19.4. The molecule has 1 fully saturated rings. The molecule has 20 heteroatoms. The maximum Gasteiger partial charge on any atom is 0.326 e. The van der Waals surface area contributed by atoms with Crippen molar-refractivity contribution in [1.29, 1.82) is 0 Å². The molecule has 2 heterocycles. The Kier molecular flexibility index (Phi) is 16.7. The van der Waals surface area contributed by atoms with Gasteiger partial charge in [-0.1, -0.05) is 42.5 Å². The maximum absolute atomic E-state index is 14.0. The lowest BCUT2D eigenvalue weighted by atomic mass is 10.0. The summed E-state index contributed by atoms with van der Waals surface area (Å²) < 4.78 is 0. The minimum Gasteiger partial charge on any atom is -0.508 e. The van der Waals surface area contributed by atoms with Gasteiger partial charge in [-0.05, 0) is 56.9 Å². The van der Waals surface area contributed by atoms with Crippen LogP contribution < -0.4 is 32.3 Å². The van der Waals surface area contributed by atoms with Gasteiger partial charge < -0.3 is 62.6 Å². The standard InChI is InChI=1S/C40H53N9O11/c1-21(41)34(53)44-28(17-25-11-13-27(52)14-12-25)35(54)45-30(18-26-19-42-20-43-26)37(56)47-32(22(2)50)38(57)46-29(16-24-8-5-4-6-9-24)36(55)48-33(23(3)51)39(58)49-15-7-10-31(49)40(59)60/h4-6,8-9,11-14,19-23,28-33,50-52H,7,10,15-18,41H2,1-3H3,(H,42,43)(H,44,53)(H,45,54)(H,46,57)(H,47,56)(H,48,55)(H,59,60)/t21-,22+,23+,28-,29-,30-,31-,32-,33-/m0/s1. The van der Waals surface area contributed by atoms with Gasteiger partial charge in [-0.2, -0.15) is 0 Å². The molecule has 6 amide bonds. The number of hydrogen-bond donors (Lipinski definition) is 11. The van der Waals surface area contributed by atoms with Crippen molar-refractivity contribution >= 4 is 41.4 Å². The predicted octanol–water partition coefficient (Wildman–Crippen LogP) is -2.25. The summed E-state index contributed by atoms with van der Waals surface area (Å²) in [5.74, 6) is -6.43. The lowest BCUT2D eigenvalue weighted by Gasteiger charge is -2.31. The average Bonchev–Trinajstić information content (AvgIpc) is 3.92. The number of aliphatic hydroxyl groups is 2. The molecule has 0 radical (unpaired) electrons. The molecule has 1 aliphatic heterocycles. The van der Waals surface area contributed by atoms with Gasteiger partial charge in [0, 0.05) is 37.7 Å². The fraction of sp³-hybridized carbons (Fsp3) is 0.450. The van der Waals surface area contributed by atoms with E-state index in [2.05, 4.69) is 36.6 Å². The Hall–Kier alpha value is -6.38. The highest BCUT2D eigenvalue weighted by Crippen LogP contribution is 2.20. The van der Waals surface area contributed by atoms with E-state index < -0.39 is 95.9 Å². The van der Waals surface area contributed by atoms with E-state index in [1.54, 1.807) is 42.5 Å². The van der Waals surface area contributed by atoms with Gasteiger partial charge in [0.1, 0.15) is 42.0 Å². The van der Waals surface area contributed by atoms with Crippen molar-refractivity contribution in [3.63, 3.8) is 0 Å². The number of phenols is 1. The molecule has 0 saturated carbocycles. The molecule has 1 aliphatic rings. The third-order valence-electron chi connectivity index (χ3n) is 9.88. The number of carbonyl (C=O) groups is 7. The zero-order valence-corrected chi connectivity index (χ0v) is 33.4. The SMILES string of the molecule is C[C@H](N)C(=O)N[C@@H](Cc1ccc(O)cc1)C(=O)N[C@@H](Cc1cnc[nH]1)C(=O)N[C@H](C(=O)N[C@@H](Cc1ccccc1)C(=O)N[C@H](C(=O)N1CCC[C@H]1C(=O)O)[C@@H](C)O)[C@@H](C)O. The van der Waals surface area contributed by atoms with Gasteiger partial charge in [-0.3, -0.25) is 28.8 Å². The number of aromatic hydroxyl groups is 1. The average molecular weight is 836 g/mol. The largest absolute Gasteiger partial charge is 0.508 e. The van der Waals surface area contributed by atoms with Crippen LogP contribution in [-0.4, -0.2) is 138 Å². The van der Waals surface area contributed by atoms with Crippen LogP contribution in [0.2, 0.25) is 0 Å². The van der Waals surface area contributed by atoms with E-state index in [9.17, 15) is 54.0 Å². The molecule has 324 valence electrons. The van der Waals surface area contributed by atoms with Crippen LogP contribution in [0.15, 0.2) is 67.1 Å². The molecule has 60 heavy (non-hydrogen) atoms. The number of H-pyrrole nitrogens is 1. The number of rotatable bonds is 20. The molecule has 0 spiro atoms. The smallest absolute Gasteiger partial charge is 0.326 e. The number of likely N-dealkylation sites (tertiary alicyclic amines) is 1. The molecule has 1 saturated heterocycles. The molecule has 1 aromatic heterocycles. The molecule has 0 bridgehead atoms. The normalized spacial score (nSPS) is 17.7. The van der Waals surface area contributed by atoms with Gasteiger partial charge in [0.2, 0.25) is 35.4 Å². The minimum absolute atomic E-state index is 0.0216. The number of carboxylic acid groups (broad SMARTS) is 1. The molecule has 0 aliphatic carbocycles. The molecular formula is C40H53N9O11. The number of aliphatic carboxylic acids is 1. The van der Waals surface area contributed by atoms with E-state index in [0.717, 1.165) is 4.90 Å². The van der Waals surface area contributed by atoms with Crippen LogP contribution in [-0.2, 0) is 52.8 Å². The lowest BCUT2D eigenvalue weighted by Crippen LogP contribution is -2.63. The number of carboxylic acids is 1. The Morgan fingerprint density at radius 1 is 0.733 bits per heavy atom. The summed E-state index contributed by atoms with van der Waals surface area (Å²) in [6.07, 6.45) is -0.0901. The van der Waals surface area contributed by atoms with Crippen LogP contribution in [0.1, 0.15) is 50.4 Å². The Bertz CT molecular complexity index is 1940. The zero-order chi connectivity index (χ0) is 44.1. The van der Waals surface area contributed by atoms with Crippen LogP contribution >= 0.6 is 0 Å². The summed E-state index contributed by atoms with van der Waals surface area (Å²) in [6.45, 7) is 3.98. The third-order valence-corrected chi connectivity index (χ3v) is 9.88. The van der Waals surface area contributed by atoms with E-state index in [4.69, 9.17) is 5.73 Å². The molecule has 12 N–H and O–H groups in total. The Balaban J connectivity index is 1.57. The topological polar surface area (TPSA) is 319 Å². The highest BCUT2D eigenvalue weighted by Gasteiger charge is 2.41. The summed E-state index contributed by atoms with van der Waals surface area (Å²) in [5, 5.41) is 53.3. The van der Waals surface area contributed by atoms with Gasteiger partial charge in [0.25, 0.3) is 0 Å². The second kappa shape index (κ2) is 21.6.